The highest BCUT2D eigenvalue weighted by Gasteiger charge is 2.08. The van der Waals surface area contributed by atoms with Crippen molar-refractivity contribution in [2.24, 2.45) is 0 Å². The van der Waals surface area contributed by atoms with E-state index < -0.39 is 17.5 Å². The minimum atomic E-state index is -1.24. The van der Waals surface area contributed by atoms with Gasteiger partial charge in [0.05, 0.1) is 5.56 Å². The molecular weight excluding hydrogens is 213 g/mol. The quantitative estimate of drug-likeness (QED) is 0.386. The van der Waals surface area contributed by atoms with E-state index in [1.165, 1.54) is 0 Å². The van der Waals surface area contributed by atoms with Gasteiger partial charge in [0.2, 0.25) is 0 Å². The van der Waals surface area contributed by atoms with Gasteiger partial charge in [0.15, 0.2) is 11.6 Å². The topological polar surface area (TPSA) is 0 Å². The Morgan fingerprint density at radius 3 is 2.57 bits per heavy atom. The van der Waals surface area contributed by atoms with Crippen molar-refractivity contribution < 1.29 is 13.2 Å². The summed E-state index contributed by atoms with van der Waals surface area (Å²) in [5.74, 6) is 1.88. The van der Waals surface area contributed by atoms with E-state index in [4.69, 9.17) is 11.6 Å². The summed E-state index contributed by atoms with van der Waals surface area (Å²) < 4.78 is 38.2. The smallest absolute Gasteiger partial charge is 0.174 e. The Balaban J connectivity index is 3.04. The second-order valence-corrected chi connectivity index (χ2v) is 2.87. The van der Waals surface area contributed by atoms with Crippen LogP contribution in [0.15, 0.2) is 12.1 Å². The van der Waals surface area contributed by atoms with Gasteiger partial charge >= 0.3 is 0 Å². The largest absolute Gasteiger partial charge is 0.207 e. The van der Waals surface area contributed by atoms with Crippen LogP contribution >= 0.6 is 11.6 Å². The molecule has 0 aliphatic heterocycles. The van der Waals surface area contributed by atoms with Gasteiger partial charge in [-0.1, -0.05) is 11.8 Å². The summed E-state index contributed by atoms with van der Waals surface area (Å²) >= 11 is 5.33. The summed E-state index contributed by atoms with van der Waals surface area (Å²) in [6, 6.07) is 1.32. The molecular formula is C10H6ClF3. The minimum absolute atomic E-state index is 0.285. The average Bonchev–Trinajstić information content (AvgIpc) is 2.13. The second-order valence-electron chi connectivity index (χ2n) is 2.49. The van der Waals surface area contributed by atoms with Crippen molar-refractivity contribution in [1.29, 1.82) is 0 Å². The Hall–Kier alpha value is -1.14. The molecule has 1 aromatic rings. The fourth-order valence-corrected chi connectivity index (χ4v) is 0.946. The number of hydrogen-bond acceptors (Lipinski definition) is 0. The summed E-state index contributed by atoms with van der Waals surface area (Å²) in [6.45, 7) is 0. The van der Waals surface area contributed by atoms with Crippen molar-refractivity contribution in [2.75, 3.05) is 5.88 Å². The molecule has 0 aromatic heterocycles. The molecule has 1 rings (SSSR count). The van der Waals surface area contributed by atoms with Gasteiger partial charge in [-0.05, 0) is 6.07 Å². The molecule has 0 N–H and O–H groups in total. The lowest BCUT2D eigenvalue weighted by atomic mass is 10.2. The van der Waals surface area contributed by atoms with E-state index in [-0.39, 0.29) is 5.56 Å². The maximum atomic E-state index is 12.9. The first-order valence-corrected chi connectivity index (χ1v) is 4.38. The van der Waals surface area contributed by atoms with E-state index in [9.17, 15) is 13.2 Å². The predicted octanol–water partition coefficient (Wildman–Crippen LogP) is 3.08. The van der Waals surface area contributed by atoms with E-state index in [1.54, 1.807) is 0 Å². The van der Waals surface area contributed by atoms with Crippen molar-refractivity contribution in [2.45, 2.75) is 6.42 Å². The van der Waals surface area contributed by atoms with Crippen molar-refractivity contribution in [3.63, 3.8) is 0 Å². The van der Waals surface area contributed by atoms with Gasteiger partial charge in [-0.25, -0.2) is 13.2 Å². The highest BCUT2D eigenvalue weighted by molar-refractivity contribution is 6.18. The molecule has 0 saturated carbocycles. The van der Waals surface area contributed by atoms with Gasteiger partial charge in [0.25, 0.3) is 0 Å². The number of halogens is 4. The predicted molar refractivity (Wildman–Crippen MR) is 48.5 cm³/mol. The molecule has 0 atom stereocenters. The van der Waals surface area contributed by atoms with E-state index in [2.05, 4.69) is 11.8 Å². The van der Waals surface area contributed by atoms with Gasteiger partial charge in [-0.15, -0.1) is 11.6 Å². The fraction of sp³-hybridized carbons (Fsp3) is 0.200. The Morgan fingerprint density at radius 2 is 1.93 bits per heavy atom. The monoisotopic (exact) mass is 218 g/mol. The SMILES string of the molecule is Fc1cc(F)c(F)c(C#CCCCl)c1. The molecule has 0 unspecified atom stereocenters. The summed E-state index contributed by atoms with van der Waals surface area (Å²) in [5.41, 5.74) is -0.285. The summed E-state index contributed by atoms with van der Waals surface area (Å²) in [7, 11) is 0. The van der Waals surface area contributed by atoms with Crippen LogP contribution in [0.1, 0.15) is 12.0 Å². The van der Waals surface area contributed by atoms with Crippen molar-refractivity contribution in [1.82, 2.24) is 0 Å². The fourth-order valence-electron chi connectivity index (χ4n) is 0.852. The summed E-state index contributed by atoms with van der Waals surface area (Å²) in [6.07, 6.45) is 0.346. The van der Waals surface area contributed by atoms with Crippen molar-refractivity contribution >= 4 is 11.6 Å². The minimum Gasteiger partial charge on any atom is -0.207 e. The third-order valence-electron chi connectivity index (χ3n) is 1.44. The van der Waals surface area contributed by atoms with Crippen molar-refractivity contribution in [3.05, 3.63) is 35.1 Å². The first kappa shape index (κ1) is 10.9. The van der Waals surface area contributed by atoms with E-state index >= 15 is 0 Å². The van der Waals surface area contributed by atoms with Crippen LogP contribution in [0.4, 0.5) is 13.2 Å². The van der Waals surface area contributed by atoms with Crippen LogP contribution in [0, 0.1) is 29.3 Å². The molecule has 0 saturated heterocycles. The molecule has 0 spiro atoms. The number of hydrogen-bond donors (Lipinski definition) is 0. The molecule has 0 radical (unpaired) electrons. The molecule has 4 heteroatoms. The maximum Gasteiger partial charge on any atom is 0.174 e. The molecule has 14 heavy (non-hydrogen) atoms. The lowest BCUT2D eigenvalue weighted by molar-refractivity contribution is 0.492. The number of rotatable bonds is 1. The summed E-state index contributed by atoms with van der Waals surface area (Å²) in [4.78, 5) is 0. The Labute approximate surface area is 84.7 Å². The van der Waals surface area contributed by atoms with Gasteiger partial charge < -0.3 is 0 Å². The number of alkyl halides is 1. The Kier molecular flexibility index (Phi) is 3.84. The van der Waals surface area contributed by atoms with Crippen LogP contribution in [0.25, 0.3) is 0 Å². The van der Waals surface area contributed by atoms with Crippen LogP contribution in [-0.4, -0.2) is 5.88 Å². The van der Waals surface area contributed by atoms with E-state index in [0.717, 1.165) is 6.07 Å². The van der Waals surface area contributed by atoms with Gasteiger partial charge in [0.1, 0.15) is 5.82 Å². The van der Waals surface area contributed by atoms with E-state index in [0.29, 0.717) is 18.4 Å². The third kappa shape index (κ3) is 2.68. The van der Waals surface area contributed by atoms with Crippen molar-refractivity contribution in [3.8, 4) is 11.8 Å². The third-order valence-corrected chi connectivity index (χ3v) is 1.62. The lowest BCUT2D eigenvalue weighted by Crippen LogP contribution is -1.91. The van der Waals surface area contributed by atoms with Crippen LogP contribution < -0.4 is 0 Å². The molecule has 0 nitrogen and oxygen atoms in total. The first-order valence-electron chi connectivity index (χ1n) is 3.84. The zero-order valence-electron chi connectivity index (χ0n) is 7.08. The highest BCUT2D eigenvalue weighted by atomic mass is 35.5. The first-order chi connectivity index (χ1) is 6.65. The molecule has 0 aliphatic rings. The lowest BCUT2D eigenvalue weighted by Gasteiger charge is -1.96. The summed E-state index contributed by atoms with van der Waals surface area (Å²) in [5, 5.41) is 0. The molecule has 0 amide bonds. The van der Waals surface area contributed by atoms with Gasteiger partial charge in [-0.3, -0.25) is 0 Å². The molecule has 0 fully saturated rings. The molecule has 0 bridgehead atoms. The van der Waals surface area contributed by atoms with E-state index in [1.807, 2.05) is 0 Å². The number of benzene rings is 1. The molecule has 0 aliphatic carbocycles. The van der Waals surface area contributed by atoms with Crippen LogP contribution in [0.3, 0.4) is 0 Å². The Bertz CT molecular complexity index is 390. The zero-order chi connectivity index (χ0) is 10.6. The molecule has 74 valence electrons. The van der Waals surface area contributed by atoms with Crippen LogP contribution in [0.2, 0.25) is 0 Å². The second kappa shape index (κ2) is 4.92. The zero-order valence-corrected chi connectivity index (χ0v) is 7.84. The molecule has 1 aromatic carbocycles. The molecule has 0 heterocycles. The maximum absolute atomic E-state index is 12.9. The van der Waals surface area contributed by atoms with Gasteiger partial charge in [0, 0.05) is 18.4 Å². The normalized spacial score (nSPS) is 9.43. The highest BCUT2D eigenvalue weighted by Crippen LogP contribution is 2.12. The van der Waals surface area contributed by atoms with Crippen LogP contribution in [-0.2, 0) is 0 Å². The Morgan fingerprint density at radius 1 is 1.21 bits per heavy atom. The standard InChI is InChI=1S/C10H6ClF3/c11-4-2-1-3-7-5-8(12)6-9(13)10(7)14/h5-6H,2,4H2. The van der Waals surface area contributed by atoms with Crippen LogP contribution in [0.5, 0.6) is 0 Å². The van der Waals surface area contributed by atoms with Gasteiger partial charge in [-0.2, -0.15) is 0 Å². The average molecular weight is 219 g/mol.